The Morgan fingerprint density at radius 1 is 0.960 bits per heavy atom. The molecule has 0 unspecified atom stereocenters. The summed E-state index contributed by atoms with van der Waals surface area (Å²) in [4.78, 5) is 36.5. The number of para-hydroxylation sites is 1. The molecule has 0 atom stereocenters. The van der Waals surface area contributed by atoms with Crippen molar-refractivity contribution in [3.63, 3.8) is 0 Å². The molecule has 0 radical (unpaired) electrons. The summed E-state index contributed by atoms with van der Waals surface area (Å²) >= 11 is 1.59. The average Bonchev–Trinajstić information content (AvgIpc) is 2.65. The Balaban J connectivity index is 1.71. The number of nitrogens with one attached hydrogen (secondary N) is 1. The molecular weight excluding hydrogens is 338 g/mol. The van der Waals surface area contributed by atoms with E-state index in [2.05, 4.69) is 5.32 Å². The zero-order valence-corrected chi connectivity index (χ0v) is 14.7. The first kappa shape index (κ1) is 18.7. The highest BCUT2D eigenvalue weighted by Crippen LogP contribution is 2.16. The number of anilines is 1. The van der Waals surface area contributed by atoms with E-state index in [9.17, 15) is 14.4 Å². The van der Waals surface area contributed by atoms with Crippen molar-refractivity contribution in [1.82, 2.24) is 0 Å². The molecular formula is C19H19NO4S. The minimum atomic E-state index is -0.572. The SMILES string of the molecule is CSc1ccc(C(=O)CCC(=O)OCC(=O)Nc2ccccc2)cc1. The number of rotatable bonds is 8. The number of hydrogen-bond donors (Lipinski definition) is 1. The highest BCUT2D eigenvalue weighted by atomic mass is 32.2. The quantitative estimate of drug-likeness (QED) is 0.444. The first-order chi connectivity index (χ1) is 12.1. The van der Waals surface area contributed by atoms with Crippen LogP contribution in [0.3, 0.4) is 0 Å². The van der Waals surface area contributed by atoms with Crippen molar-refractivity contribution in [1.29, 1.82) is 0 Å². The molecule has 25 heavy (non-hydrogen) atoms. The predicted octanol–water partition coefficient (Wildman–Crippen LogP) is 3.55. The van der Waals surface area contributed by atoms with E-state index in [0.29, 0.717) is 11.3 Å². The molecule has 1 amide bonds. The van der Waals surface area contributed by atoms with Crippen molar-refractivity contribution in [2.45, 2.75) is 17.7 Å². The standard InChI is InChI=1S/C19H19NO4S/c1-25-16-9-7-14(8-10-16)17(21)11-12-19(23)24-13-18(22)20-15-5-3-2-4-6-15/h2-10H,11-13H2,1H3,(H,20,22). The Morgan fingerprint density at radius 3 is 2.28 bits per heavy atom. The molecule has 0 bridgehead atoms. The minimum Gasteiger partial charge on any atom is -0.456 e. The molecule has 6 heteroatoms. The fourth-order valence-corrected chi connectivity index (χ4v) is 2.48. The average molecular weight is 357 g/mol. The Hall–Kier alpha value is -2.60. The largest absolute Gasteiger partial charge is 0.456 e. The number of carbonyl (C=O) groups is 3. The summed E-state index contributed by atoms with van der Waals surface area (Å²) in [6.45, 7) is -0.371. The lowest BCUT2D eigenvalue weighted by Gasteiger charge is -2.06. The number of ether oxygens (including phenoxy) is 1. The maximum absolute atomic E-state index is 12.0. The second-order valence-corrected chi connectivity index (χ2v) is 6.11. The second kappa shape index (κ2) is 9.64. The maximum atomic E-state index is 12.0. The number of benzene rings is 2. The first-order valence-electron chi connectivity index (χ1n) is 7.76. The van der Waals surface area contributed by atoms with Gasteiger partial charge >= 0.3 is 5.97 Å². The molecule has 0 saturated heterocycles. The van der Waals surface area contributed by atoms with Gasteiger partial charge in [0.15, 0.2) is 12.4 Å². The van der Waals surface area contributed by atoms with E-state index in [-0.39, 0.29) is 25.2 Å². The first-order valence-corrected chi connectivity index (χ1v) is 8.99. The zero-order chi connectivity index (χ0) is 18.1. The van der Waals surface area contributed by atoms with Crippen molar-refractivity contribution in [3.8, 4) is 0 Å². The van der Waals surface area contributed by atoms with Crippen LogP contribution in [-0.2, 0) is 14.3 Å². The number of Topliss-reactive ketones (excluding diaryl/α,β-unsaturated/α-hetero) is 1. The van der Waals surface area contributed by atoms with Gasteiger partial charge in [-0.15, -0.1) is 11.8 Å². The lowest BCUT2D eigenvalue weighted by atomic mass is 10.1. The Bertz CT molecular complexity index is 729. The summed E-state index contributed by atoms with van der Waals surface area (Å²) in [6, 6.07) is 16.1. The Labute approximate surface area is 150 Å². The van der Waals surface area contributed by atoms with Gasteiger partial charge in [-0.05, 0) is 30.5 Å². The van der Waals surface area contributed by atoms with Crippen LogP contribution in [0.25, 0.3) is 0 Å². The summed E-state index contributed by atoms with van der Waals surface area (Å²) in [5.74, 6) is -1.12. The number of amides is 1. The van der Waals surface area contributed by atoms with Crippen molar-refractivity contribution in [2.24, 2.45) is 0 Å². The van der Waals surface area contributed by atoms with Crippen molar-refractivity contribution in [3.05, 3.63) is 60.2 Å². The lowest BCUT2D eigenvalue weighted by molar-refractivity contribution is -0.147. The van der Waals surface area contributed by atoms with E-state index in [1.807, 2.05) is 24.5 Å². The predicted molar refractivity (Wildman–Crippen MR) is 97.8 cm³/mol. The monoisotopic (exact) mass is 357 g/mol. The number of hydrogen-bond acceptors (Lipinski definition) is 5. The van der Waals surface area contributed by atoms with Crippen molar-refractivity contribution >= 4 is 35.1 Å². The van der Waals surface area contributed by atoms with Crippen LogP contribution in [0.2, 0.25) is 0 Å². The van der Waals surface area contributed by atoms with Gasteiger partial charge in [-0.2, -0.15) is 0 Å². The van der Waals surface area contributed by atoms with Gasteiger partial charge < -0.3 is 10.1 Å². The molecule has 1 N–H and O–H groups in total. The van der Waals surface area contributed by atoms with Gasteiger partial charge in [0.05, 0.1) is 6.42 Å². The lowest BCUT2D eigenvalue weighted by Crippen LogP contribution is -2.21. The van der Waals surface area contributed by atoms with E-state index in [1.54, 1.807) is 48.2 Å². The van der Waals surface area contributed by atoms with Gasteiger partial charge in [0.2, 0.25) is 0 Å². The van der Waals surface area contributed by atoms with Crippen LogP contribution in [0.5, 0.6) is 0 Å². The summed E-state index contributed by atoms with van der Waals surface area (Å²) in [7, 11) is 0. The van der Waals surface area contributed by atoms with Crippen LogP contribution >= 0.6 is 11.8 Å². The van der Waals surface area contributed by atoms with E-state index >= 15 is 0 Å². The molecule has 130 valence electrons. The van der Waals surface area contributed by atoms with Crippen LogP contribution in [0.4, 0.5) is 5.69 Å². The number of thioether (sulfide) groups is 1. The van der Waals surface area contributed by atoms with Crippen LogP contribution in [0.15, 0.2) is 59.5 Å². The third kappa shape index (κ3) is 6.43. The molecule has 2 rings (SSSR count). The Morgan fingerprint density at radius 2 is 1.64 bits per heavy atom. The number of ketones is 1. The van der Waals surface area contributed by atoms with Crippen LogP contribution in [0, 0.1) is 0 Å². The number of esters is 1. The molecule has 0 aliphatic heterocycles. The van der Waals surface area contributed by atoms with Gasteiger partial charge in [-0.1, -0.05) is 30.3 Å². The topological polar surface area (TPSA) is 72.5 Å². The minimum absolute atomic E-state index is 0.0533. The molecule has 0 saturated carbocycles. The molecule has 2 aromatic carbocycles. The fraction of sp³-hybridized carbons (Fsp3) is 0.211. The van der Waals surface area contributed by atoms with Crippen molar-refractivity contribution in [2.75, 3.05) is 18.2 Å². The second-order valence-electron chi connectivity index (χ2n) is 5.23. The molecule has 0 heterocycles. The van der Waals surface area contributed by atoms with Gasteiger partial charge in [0, 0.05) is 22.6 Å². The molecule has 0 aliphatic rings. The third-order valence-electron chi connectivity index (χ3n) is 3.39. The highest BCUT2D eigenvalue weighted by molar-refractivity contribution is 7.98. The fourth-order valence-electron chi connectivity index (χ4n) is 2.07. The normalized spacial score (nSPS) is 10.1. The van der Waals surface area contributed by atoms with Gasteiger partial charge in [-0.3, -0.25) is 14.4 Å². The molecule has 0 aromatic heterocycles. The number of carbonyl (C=O) groups excluding carboxylic acids is 3. The van der Waals surface area contributed by atoms with Gasteiger partial charge in [0.1, 0.15) is 0 Å². The van der Waals surface area contributed by atoms with Crippen LogP contribution in [0.1, 0.15) is 23.2 Å². The van der Waals surface area contributed by atoms with E-state index < -0.39 is 11.9 Å². The molecule has 0 fully saturated rings. The summed E-state index contributed by atoms with van der Waals surface area (Å²) in [6.07, 6.45) is 1.96. The third-order valence-corrected chi connectivity index (χ3v) is 4.13. The highest BCUT2D eigenvalue weighted by Gasteiger charge is 2.12. The van der Waals surface area contributed by atoms with Crippen LogP contribution < -0.4 is 5.32 Å². The molecule has 2 aromatic rings. The molecule has 0 spiro atoms. The Kier molecular flexibility index (Phi) is 7.22. The van der Waals surface area contributed by atoms with E-state index in [1.165, 1.54) is 0 Å². The summed E-state index contributed by atoms with van der Waals surface area (Å²) in [5, 5.41) is 2.61. The summed E-state index contributed by atoms with van der Waals surface area (Å²) in [5.41, 5.74) is 1.19. The summed E-state index contributed by atoms with van der Waals surface area (Å²) < 4.78 is 4.89. The van der Waals surface area contributed by atoms with Crippen LogP contribution in [-0.4, -0.2) is 30.5 Å². The molecule has 5 nitrogen and oxygen atoms in total. The molecule has 0 aliphatic carbocycles. The van der Waals surface area contributed by atoms with E-state index in [4.69, 9.17) is 4.74 Å². The van der Waals surface area contributed by atoms with Gasteiger partial charge in [0.25, 0.3) is 5.91 Å². The zero-order valence-electron chi connectivity index (χ0n) is 13.9. The van der Waals surface area contributed by atoms with E-state index in [0.717, 1.165) is 4.90 Å². The smallest absolute Gasteiger partial charge is 0.306 e. The van der Waals surface area contributed by atoms with Crippen molar-refractivity contribution < 1.29 is 19.1 Å². The van der Waals surface area contributed by atoms with Gasteiger partial charge in [-0.25, -0.2) is 0 Å². The maximum Gasteiger partial charge on any atom is 0.306 e.